The molecule has 1 aliphatic heterocycles. The summed E-state index contributed by atoms with van der Waals surface area (Å²) in [5, 5.41) is 0.970. The standard InChI is InChI=1S/C14H12BrOP/c15-14-13-9-5-4-6-11(13)10-17(14,16)12-7-2-1-3-8-12/h1-9,14H,10H2. The predicted octanol–water partition coefficient (Wildman–Crippen LogP) is 4.28. The number of hydrogen-bond acceptors (Lipinski definition) is 1. The van der Waals surface area contributed by atoms with Crippen LogP contribution in [0, 0.1) is 0 Å². The zero-order valence-electron chi connectivity index (χ0n) is 9.21. The van der Waals surface area contributed by atoms with Crippen LogP contribution >= 0.6 is 23.1 Å². The van der Waals surface area contributed by atoms with Gasteiger partial charge in [-0.25, -0.2) is 0 Å². The minimum Gasteiger partial charge on any atom is -0.317 e. The van der Waals surface area contributed by atoms with Gasteiger partial charge in [0.2, 0.25) is 0 Å². The summed E-state index contributed by atoms with van der Waals surface area (Å²) in [6, 6.07) is 18.0. The first-order chi connectivity index (χ1) is 8.22. The van der Waals surface area contributed by atoms with Crippen LogP contribution in [0.25, 0.3) is 0 Å². The largest absolute Gasteiger partial charge is 0.317 e. The number of alkyl halides is 1. The van der Waals surface area contributed by atoms with Gasteiger partial charge < -0.3 is 4.57 Å². The van der Waals surface area contributed by atoms with Crippen LogP contribution in [0.2, 0.25) is 0 Å². The summed E-state index contributed by atoms with van der Waals surface area (Å²) in [6.07, 6.45) is 0.670. The summed E-state index contributed by atoms with van der Waals surface area (Å²) in [5.41, 5.74) is 2.39. The Morgan fingerprint density at radius 2 is 1.65 bits per heavy atom. The average Bonchev–Trinajstić information content (AvgIpc) is 2.65. The summed E-state index contributed by atoms with van der Waals surface area (Å²) < 4.78 is 13.1. The van der Waals surface area contributed by atoms with E-state index in [4.69, 9.17) is 0 Å². The third-order valence-electron chi connectivity index (χ3n) is 3.28. The lowest BCUT2D eigenvalue weighted by atomic mass is 10.1. The van der Waals surface area contributed by atoms with E-state index in [0.717, 1.165) is 5.30 Å². The molecule has 2 unspecified atom stereocenters. The van der Waals surface area contributed by atoms with Crippen molar-refractivity contribution in [3.8, 4) is 0 Å². The molecule has 1 aliphatic rings. The minimum absolute atomic E-state index is 0.0337. The van der Waals surface area contributed by atoms with Crippen LogP contribution in [0.3, 0.4) is 0 Å². The quantitative estimate of drug-likeness (QED) is 0.567. The summed E-state index contributed by atoms with van der Waals surface area (Å²) in [7, 11) is -2.38. The van der Waals surface area contributed by atoms with Crippen molar-refractivity contribution >= 4 is 28.4 Å². The molecule has 0 fully saturated rings. The molecule has 1 heterocycles. The Balaban J connectivity index is 2.12. The first-order valence-electron chi connectivity index (χ1n) is 5.58. The number of halogens is 1. The van der Waals surface area contributed by atoms with E-state index in [2.05, 4.69) is 28.1 Å². The molecule has 0 aliphatic carbocycles. The van der Waals surface area contributed by atoms with Crippen molar-refractivity contribution in [2.75, 3.05) is 0 Å². The SMILES string of the molecule is O=P1(c2ccccc2)Cc2ccccc2C1Br. The van der Waals surface area contributed by atoms with Gasteiger partial charge in [-0.2, -0.15) is 0 Å². The van der Waals surface area contributed by atoms with Gasteiger partial charge in [0.15, 0.2) is 0 Å². The van der Waals surface area contributed by atoms with E-state index in [-0.39, 0.29) is 4.57 Å². The van der Waals surface area contributed by atoms with E-state index in [1.165, 1.54) is 11.1 Å². The third kappa shape index (κ3) is 1.71. The Hall–Kier alpha value is -0.850. The molecule has 1 nitrogen and oxygen atoms in total. The van der Waals surface area contributed by atoms with Crippen molar-refractivity contribution in [2.24, 2.45) is 0 Å². The second-order valence-corrected chi connectivity index (χ2v) is 8.89. The Morgan fingerprint density at radius 3 is 2.35 bits per heavy atom. The smallest absolute Gasteiger partial charge is 0.137 e. The molecule has 0 bridgehead atoms. The predicted molar refractivity (Wildman–Crippen MR) is 75.5 cm³/mol. The number of benzene rings is 2. The van der Waals surface area contributed by atoms with E-state index >= 15 is 0 Å². The molecule has 0 saturated heterocycles. The lowest BCUT2D eigenvalue weighted by Crippen LogP contribution is -2.04. The van der Waals surface area contributed by atoms with Gasteiger partial charge in [-0.3, -0.25) is 0 Å². The molecule has 0 radical (unpaired) electrons. The fourth-order valence-electron chi connectivity index (χ4n) is 2.37. The molecule has 0 N–H and O–H groups in total. The van der Waals surface area contributed by atoms with Gasteiger partial charge in [0.05, 0.1) is 4.57 Å². The van der Waals surface area contributed by atoms with Crippen molar-refractivity contribution in [3.05, 3.63) is 65.7 Å². The van der Waals surface area contributed by atoms with Gasteiger partial charge in [-0.05, 0) is 11.1 Å². The van der Waals surface area contributed by atoms with Crippen molar-refractivity contribution in [1.29, 1.82) is 0 Å². The molecule has 17 heavy (non-hydrogen) atoms. The molecule has 0 aromatic heterocycles. The van der Waals surface area contributed by atoms with E-state index < -0.39 is 7.14 Å². The topological polar surface area (TPSA) is 17.1 Å². The highest BCUT2D eigenvalue weighted by molar-refractivity contribution is 9.10. The lowest BCUT2D eigenvalue weighted by molar-refractivity contribution is 0.582. The molecular weight excluding hydrogens is 295 g/mol. The second-order valence-electron chi connectivity index (χ2n) is 4.32. The number of hydrogen-bond donors (Lipinski definition) is 0. The number of rotatable bonds is 1. The summed E-state index contributed by atoms with van der Waals surface area (Å²) in [4.78, 5) is 0. The molecule has 2 atom stereocenters. The first-order valence-corrected chi connectivity index (χ1v) is 8.46. The van der Waals surface area contributed by atoms with Crippen LogP contribution in [0.15, 0.2) is 54.6 Å². The zero-order chi connectivity index (χ0) is 11.9. The van der Waals surface area contributed by atoms with Crippen molar-refractivity contribution in [3.63, 3.8) is 0 Å². The van der Waals surface area contributed by atoms with Crippen LogP contribution in [0.4, 0.5) is 0 Å². The maximum atomic E-state index is 13.2. The maximum absolute atomic E-state index is 13.2. The van der Waals surface area contributed by atoms with Crippen LogP contribution in [-0.4, -0.2) is 0 Å². The molecule has 86 valence electrons. The maximum Gasteiger partial charge on any atom is 0.137 e. The summed E-state index contributed by atoms with van der Waals surface area (Å²) >= 11 is 3.63. The molecule has 0 spiro atoms. The van der Waals surface area contributed by atoms with Gasteiger partial charge in [-0.1, -0.05) is 70.5 Å². The Kier molecular flexibility index (Phi) is 2.72. The second kappa shape index (κ2) is 4.12. The molecule has 2 aromatic rings. The highest BCUT2D eigenvalue weighted by Crippen LogP contribution is 2.68. The van der Waals surface area contributed by atoms with Crippen LogP contribution < -0.4 is 5.30 Å². The van der Waals surface area contributed by atoms with E-state index in [1.807, 2.05) is 42.5 Å². The van der Waals surface area contributed by atoms with E-state index in [0.29, 0.717) is 6.16 Å². The molecule has 3 rings (SSSR count). The van der Waals surface area contributed by atoms with Crippen LogP contribution in [0.5, 0.6) is 0 Å². The van der Waals surface area contributed by atoms with Crippen LogP contribution in [-0.2, 0) is 10.7 Å². The fraction of sp³-hybridized carbons (Fsp3) is 0.143. The van der Waals surface area contributed by atoms with Gasteiger partial charge in [0.25, 0.3) is 0 Å². The molecule has 0 saturated carbocycles. The highest BCUT2D eigenvalue weighted by Gasteiger charge is 2.41. The highest BCUT2D eigenvalue weighted by atomic mass is 79.9. The van der Waals surface area contributed by atoms with E-state index in [1.54, 1.807) is 0 Å². The number of fused-ring (bicyclic) bond motifs is 1. The Bertz CT molecular complexity index is 594. The van der Waals surface area contributed by atoms with Gasteiger partial charge in [0, 0.05) is 11.5 Å². The van der Waals surface area contributed by atoms with Crippen molar-refractivity contribution in [2.45, 2.75) is 10.7 Å². The minimum atomic E-state index is -2.38. The monoisotopic (exact) mass is 306 g/mol. The first kappa shape index (κ1) is 11.3. The van der Waals surface area contributed by atoms with Crippen molar-refractivity contribution in [1.82, 2.24) is 0 Å². The fourth-order valence-corrected chi connectivity index (χ4v) is 6.74. The summed E-state index contributed by atoms with van der Waals surface area (Å²) in [5.74, 6) is 0. The van der Waals surface area contributed by atoms with Crippen molar-refractivity contribution < 1.29 is 4.57 Å². The Morgan fingerprint density at radius 1 is 1.00 bits per heavy atom. The van der Waals surface area contributed by atoms with Crippen LogP contribution in [0.1, 0.15) is 15.7 Å². The van der Waals surface area contributed by atoms with Gasteiger partial charge >= 0.3 is 0 Å². The molecule has 2 aromatic carbocycles. The molecule has 0 amide bonds. The third-order valence-corrected chi connectivity index (χ3v) is 8.75. The Labute approximate surface area is 109 Å². The molecular formula is C14H12BrOP. The van der Waals surface area contributed by atoms with Gasteiger partial charge in [-0.15, -0.1) is 0 Å². The summed E-state index contributed by atoms with van der Waals surface area (Å²) in [6.45, 7) is 0. The van der Waals surface area contributed by atoms with E-state index in [9.17, 15) is 4.57 Å². The van der Waals surface area contributed by atoms with Gasteiger partial charge in [0.1, 0.15) is 7.14 Å². The average molecular weight is 307 g/mol. The normalized spacial score (nSPS) is 26.8. The zero-order valence-corrected chi connectivity index (χ0v) is 11.7. The lowest BCUT2D eigenvalue weighted by Gasteiger charge is -2.16. The molecule has 3 heteroatoms.